The van der Waals surface area contributed by atoms with Crippen molar-refractivity contribution in [3.63, 3.8) is 0 Å². The largest absolute Gasteiger partial charge is 0.365 e. The highest BCUT2D eigenvalue weighted by Gasteiger charge is 2.23. The Morgan fingerprint density at radius 1 is 1.05 bits per heavy atom. The van der Waals surface area contributed by atoms with Crippen molar-refractivity contribution >= 4 is 0 Å². The van der Waals surface area contributed by atoms with Gasteiger partial charge in [-0.2, -0.15) is 0 Å². The first kappa shape index (κ1) is 18.3. The molecule has 0 aliphatic carbocycles. The summed E-state index contributed by atoms with van der Waals surface area (Å²) in [6.07, 6.45) is 5.38. The van der Waals surface area contributed by atoms with Crippen LogP contribution in [0.5, 0.6) is 0 Å². The molecule has 0 spiro atoms. The van der Waals surface area contributed by atoms with Crippen LogP contribution in [0.25, 0.3) is 0 Å². The zero-order valence-corrected chi connectivity index (χ0v) is 14.1. The van der Waals surface area contributed by atoms with Crippen molar-refractivity contribution < 1.29 is 4.74 Å². The molecule has 2 saturated heterocycles. The molecular formula is C17H33N3O. The van der Waals surface area contributed by atoms with Crippen LogP contribution >= 0.6 is 0 Å². The van der Waals surface area contributed by atoms with Gasteiger partial charge in [-0.15, -0.1) is 0 Å². The van der Waals surface area contributed by atoms with Crippen LogP contribution < -0.4 is 5.73 Å². The van der Waals surface area contributed by atoms with E-state index in [1.54, 1.807) is 0 Å². The monoisotopic (exact) mass is 295 g/mol. The van der Waals surface area contributed by atoms with Crippen LogP contribution in [0.2, 0.25) is 0 Å². The van der Waals surface area contributed by atoms with Gasteiger partial charge in [0.25, 0.3) is 0 Å². The molecule has 2 aliphatic rings. The Morgan fingerprint density at radius 2 is 1.67 bits per heavy atom. The normalized spacial score (nSPS) is 22.0. The van der Waals surface area contributed by atoms with Crippen LogP contribution in [0.1, 0.15) is 39.5 Å². The van der Waals surface area contributed by atoms with Crippen molar-refractivity contribution in [2.75, 3.05) is 46.4 Å². The summed E-state index contributed by atoms with van der Waals surface area (Å²) in [5.41, 5.74) is 5.13. The maximum atomic E-state index is 5.69. The van der Waals surface area contributed by atoms with Crippen LogP contribution in [0.4, 0.5) is 0 Å². The van der Waals surface area contributed by atoms with Gasteiger partial charge in [-0.1, -0.05) is 19.8 Å². The summed E-state index contributed by atoms with van der Waals surface area (Å²) in [5.74, 6) is 3.66. The van der Waals surface area contributed by atoms with Gasteiger partial charge in [0, 0.05) is 25.7 Å². The van der Waals surface area contributed by atoms with E-state index in [0.29, 0.717) is 12.7 Å². The molecule has 2 fully saturated rings. The number of hydrogen-bond donors (Lipinski definition) is 1. The number of ether oxygens (including phenoxy) is 1. The first-order valence-electron chi connectivity index (χ1n) is 8.49. The molecule has 0 aromatic rings. The highest BCUT2D eigenvalue weighted by atomic mass is 16.5. The molecule has 122 valence electrons. The van der Waals surface area contributed by atoms with E-state index in [4.69, 9.17) is 10.5 Å². The van der Waals surface area contributed by atoms with Crippen molar-refractivity contribution in [3.8, 4) is 12.0 Å². The fourth-order valence-corrected chi connectivity index (χ4v) is 3.07. The Morgan fingerprint density at radius 3 is 2.24 bits per heavy atom. The van der Waals surface area contributed by atoms with Crippen molar-refractivity contribution in [2.45, 2.75) is 45.6 Å². The Kier molecular flexibility index (Phi) is 9.49. The smallest absolute Gasteiger partial charge is 0.109 e. The lowest BCUT2D eigenvalue weighted by atomic mass is 9.95. The maximum Gasteiger partial charge on any atom is 0.109 e. The van der Waals surface area contributed by atoms with E-state index >= 15 is 0 Å². The lowest BCUT2D eigenvalue weighted by Crippen LogP contribution is -2.42. The highest BCUT2D eigenvalue weighted by molar-refractivity contribution is 4.94. The van der Waals surface area contributed by atoms with Crippen LogP contribution in [-0.2, 0) is 4.74 Å². The molecule has 0 aromatic carbocycles. The van der Waals surface area contributed by atoms with Gasteiger partial charge in [0.1, 0.15) is 6.61 Å². The first-order chi connectivity index (χ1) is 10.3. The fourth-order valence-electron chi connectivity index (χ4n) is 3.07. The number of rotatable bonds is 4. The number of nitrogens with two attached hydrogens (primary N) is 1. The van der Waals surface area contributed by atoms with Gasteiger partial charge < -0.3 is 20.3 Å². The first-order valence-corrected chi connectivity index (χ1v) is 8.49. The zero-order chi connectivity index (χ0) is 15.5. The summed E-state index contributed by atoms with van der Waals surface area (Å²) in [5, 5.41) is 0. The lowest BCUT2D eigenvalue weighted by molar-refractivity contribution is 0.0182. The van der Waals surface area contributed by atoms with E-state index in [2.05, 4.69) is 28.8 Å². The average Bonchev–Trinajstić information content (AvgIpc) is 2.53. The Hall–Kier alpha value is -0.760. The van der Waals surface area contributed by atoms with E-state index in [1.807, 2.05) is 13.8 Å². The van der Waals surface area contributed by atoms with Gasteiger partial charge in [-0.25, -0.2) is 0 Å². The van der Waals surface area contributed by atoms with Gasteiger partial charge in [0.15, 0.2) is 0 Å². The minimum atomic E-state index is 0.384. The van der Waals surface area contributed by atoms with Gasteiger partial charge in [0.2, 0.25) is 0 Å². The van der Waals surface area contributed by atoms with E-state index in [-0.39, 0.29) is 0 Å². The predicted molar refractivity (Wildman–Crippen MR) is 88.9 cm³/mol. The van der Waals surface area contributed by atoms with Crippen LogP contribution in [0.15, 0.2) is 0 Å². The quantitative estimate of drug-likeness (QED) is 0.634. The molecule has 0 atom stereocenters. The molecule has 21 heavy (non-hydrogen) atoms. The van der Waals surface area contributed by atoms with Gasteiger partial charge in [0.05, 0.1) is 6.10 Å². The fraction of sp³-hybridized carbons (Fsp3) is 0.882. The number of hydrogen-bond acceptors (Lipinski definition) is 4. The predicted octanol–water partition coefficient (Wildman–Crippen LogP) is 1.76. The summed E-state index contributed by atoms with van der Waals surface area (Å²) >= 11 is 0. The van der Waals surface area contributed by atoms with Crippen molar-refractivity contribution in [2.24, 2.45) is 11.7 Å². The van der Waals surface area contributed by atoms with Gasteiger partial charge in [-0.3, -0.25) is 0 Å². The summed E-state index contributed by atoms with van der Waals surface area (Å²) in [6.45, 7) is 10.6. The second-order valence-corrected chi connectivity index (χ2v) is 5.88. The average molecular weight is 295 g/mol. The SMILES string of the molecule is CC.CN1CCC(CN2CCC(OCC#CN)CC2)CC1. The van der Waals surface area contributed by atoms with Gasteiger partial charge >= 0.3 is 0 Å². The molecule has 2 N–H and O–H groups in total. The van der Waals surface area contributed by atoms with Crippen molar-refractivity contribution in [1.82, 2.24) is 9.80 Å². The molecule has 4 heteroatoms. The molecule has 2 heterocycles. The maximum absolute atomic E-state index is 5.69. The molecule has 0 unspecified atom stereocenters. The summed E-state index contributed by atoms with van der Waals surface area (Å²) in [7, 11) is 2.23. The van der Waals surface area contributed by atoms with E-state index in [0.717, 1.165) is 18.8 Å². The molecule has 0 aromatic heterocycles. The molecule has 2 aliphatic heterocycles. The molecule has 2 rings (SSSR count). The molecule has 0 radical (unpaired) electrons. The third kappa shape index (κ3) is 7.17. The van der Waals surface area contributed by atoms with E-state index in [1.165, 1.54) is 45.6 Å². The van der Waals surface area contributed by atoms with Gasteiger partial charge in [-0.05, 0) is 51.7 Å². The van der Waals surface area contributed by atoms with Crippen LogP contribution in [0.3, 0.4) is 0 Å². The minimum absolute atomic E-state index is 0.384. The number of nitrogens with zero attached hydrogens (tertiary/aromatic N) is 2. The number of piperidine rings is 2. The molecule has 4 nitrogen and oxygen atoms in total. The topological polar surface area (TPSA) is 41.7 Å². The van der Waals surface area contributed by atoms with Crippen molar-refractivity contribution in [3.05, 3.63) is 0 Å². The van der Waals surface area contributed by atoms with Crippen molar-refractivity contribution in [1.29, 1.82) is 0 Å². The highest BCUT2D eigenvalue weighted by Crippen LogP contribution is 2.20. The Bertz CT molecular complexity index is 308. The van der Waals surface area contributed by atoms with Crippen LogP contribution in [-0.4, -0.2) is 62.3 Å². The van der Waals surface area contributed by atoms with Crippen LogP contribution in [0, 0.1) is 17.9 Å². The minimum Gasteiger partial charge on any atom is -0.365 e. The summed E-state index contributed by atoms with van der Waals surface area (Å²) in [6, 6.07) is 2.38. The van der Waals surface area contributed by atoms with E-state index < -0.39 is 0 Å². The summed E-state index contributed by atoms with van der Waals surface area (Å²) in [4.78, 5) is 5.06. The second kappa shape index (κ2) is 10.9. The van der Waals surface area contributed by atoms with E-state index in [9.17, 15) is 0 Å². The summed E-state index contributed by atoms with van der Waals surface area (Å²) < 4.78 is 5.69. The lowest BCUT2D eigenvalue weighted by Gasteiger charge is -2.36. The molecule has 0 amide bonds. The molecule has 0 bridgehead atoms. The third-order valence-corrected chi connectivity index (χ3v) is 4.38. The molecule has 0 saturated carbocycles. The number of likely N-dealkylation sites (tertiary alicyclic amines) is 2. The Balaban J connectivity index is 0.00000106. The Labute approximate surface area is 131 Å². The molecular weight excluding hydrogens is 262 g/mol. The standard InChI is InChI=1S/C15H27N3O.C2H6/c1-17-8-3-14(4-9-17)13-18-10-5-15(6-11-18)19-12-2-7-16;1-2/h14-15H,3-6,8-13,16H2,1H3;1-2H3. The third-order valence-electron chi connectivity index (χ3n) is 4.38. The zero-order valence-electron chi connectivity index (χ0n) is 14.1. The second-order valence-electron chi connectivity index (χ2n) is 5.88.